The van der Waals surface area contributed by atoms with Crippen molar-refractivity contribution in [2.75, 3.05) is 18.5 Å². The Labute approximate surface area is 152 Å². The van der Waals surface area contributed by atoms with Crippen molar-refractivity contribution in [3.63, 3.8) is 0 Å². The van der Waals surface area contributed by atoms with Gasteiger partial charge in [0, 0.05) is 12.3 Å². The van der Waals surface area contributed by atoms with Gasteiger partial charge in [-0.2, -0.15) is 0 Å². The van der Waals surface area contributed by atoms with Crippen molar-refractivity contribution in [2.45, 2.75) is 26.0 Å². The van der Waals surface area contributed by atoms with E-state index < -0.39 is 6.03 Å². The number of ether oxygens (including phenoxy) is 1. The minimum Gasteiger partial charge on any atom is -0.467 e. The van der Waals surface area contributed by atoms with Crippen LogP contribution in [0.3, 0.4) is 0 Å². The molecule has 0 unspecified atom stereocenters. The number of carbonyl (C=O) groups excluding carboxylic acids is 2. The molecule has 0 spiro atoms. The fourth-order valence-electron chi connectivity index (χ4n) is 2.36. The number of furan rings is 1. The highest BCUT2D eigenvalue weighted by Crippen LogP contribution is 2.29. The zero-order chi connectivity index (χ0) is 18.2. The molecule has 0 atom stereocenters. The van der Waals surface area contributed by atoms with E-state index in [1.54, 1.807) is 18.2 Å². The van der Waals surface area contributed by atoms with Gasteiger partial charge in [0.05, 0.1) is 26.0 Å². The van der Waals surface area contributed by atoms with E-state index in [1.807, 2.05) is 18.2 Å². The topological polar surface area (TPSA) is 92.6 Å². The van der Waals surface area contributed by atoms with Crippen molar-refractivity contribution < 1.29 is 18.7 Å². The van der Waals surface area contributed by atoms with Crippen LogP contribution in [0.15, 0.2) is 47.1 Å². The largest absolute Gasteiger partial charge is 0.467 e. The van der Waals surface area contributed by atoms with Gasteiger partial charge < -0.3 is 25.1 Å². The molecule has 0 aliphatic heterocycles. The second kappa shape index (κ2) is 9.05. The van der Waals surface area contributed by atoms with E-state index >= 15 is 0 Å². The Morgan fingerprint density at radius 1 is 1.15 bits per heavy atom. The fraction of sp³-hybridized carbons (Fsp3) is 0.368. The first-order chi connectivity index (χ1) is 12.7. The van der Waals surface area contributed by atoms with E-state index in [2.05, 4.69) is 16.0 Å². The molecule has 1 aliphatic rings. The van der Waals surface area contributed by atoms with E-state index in [0.717, 1.165) is 18.1 Å². The molecule has 0 radical (unpaired) electrons. The van der Waals surface area contributed by atoms with Gasteiger partial charge in [0.15, 0.2) is 0 Å². The third-order valence-electron chi connectivity index (χ3n) is 3.95. The average Bonchev–Trinajstić information content (AvgIpc) is 3.30. The van der Waals surface area contributed by atoms with Gasteiger partial charge in [-0.25, -0.2) is 4.79 Å². The lowest BCUT2D eigenvalue weighted by Crippen LogP contribution is -2.38. The number of benzene rings is 1. The second-order valence-electron chi connectivity index (χ2n) is 6.32. The minimum atomic E-state index is -0.436. The molecule has 0 bridgehead atoms. The highest BCUT2D eigenvalue weighted by atomic mass is 16.5. The molecule has 26 heavy (non-hydrogen) atoms. The Hall–Kier alpha value is -2.80. The summed E-state index contributed by atoms with van der Waals surface area (Å²) in [6.45, 7) is 1.50. The van der Waals surface area contributed by atoms with Crippen LogP contribution in [0.25, 0.3) is 0 Å². The summed E-state index contributed by atoms with van der Waals surface area (Å²) in [5, 5.41) is 7.90. The summed E-state index contributed by atoms with van der Waals surface area (Å²) in [6, 6.07) is 10.6. The van der Waals surface area contributed by atoms with Crippen molar-refractivity contribution in [1.29, 1.82) is 0 Å². The molecule has 7 nitrogen and oxygen atoms in total. The molecule has 1 aromatic heterocycles. The molecule has 138 valence electrons. The Morgan fingerprint density at radius 2 is 2.04 bits per heavy atom. The monoisotopic (exact) mass is 357 g/mol. The van der Waals surface area contributed by atoms with Crippen LogP contribution in [0.1, 0.15) is 24.2 Å². The molecule has 3 amide bonds. The van der Waals surface area contributed by atoms with Crippen molar-refractivity contribution in [1.82, 2.24) is 10.6 Å². The highest BCUT2D eigenvalue weighted by Gasteiger charge is 2.21. The predicted octanol–water partition coefficient (Wildman–Crippen LogP) is 2.64. The van der Waals surface area contributed by atoms with E-state index in [0.29, 0.717) is 18.1 Å². The molecule has 2 aromatic rings. The van der Waals surface area contributed by atoms with Gasteiger partial charge in [0.2, 0.25) is 5.91 Å². The van der Waals surface area contributed by atoms with Crippen molar-refractivity contribution in [3.05, 3.63) is 54.0 Å². The van der Waals surface area contributed by atoms with Gasteiger partial charge in [0.1, 0.15) is 5.76 Å². The number of carbonyl (C=O) groups is 2. The van der Waals surface area contributed by atoms with Gasteiger partial charge in [-0.15, -0.1) is 0 Å². The van der Waals surface area contributed by atoms with E-state index in [1.165, 1.54) is 19.1 Å². The summed E-state index contributed by atoms with van der Waals surface area (Å²) < 4.78 is 10.8. The molecule has 1 fully saturated rings. The number of rotatable bonds is 9. The Morgan fingerprint density at radius 3 is 2.81 bits per heavy atom. The van der Waals surface area contributed by atoms with Crippen LogP contribution < -0.4 is 16.0 Å². The first-order valence-corrected chi connectivity index (χ1v) is 8.69. The lowest BCUT2D eigenvalue weighted by molar-refractivity contribution is -0.120. The Bertz CT molecular complexity index is 726. The normalized spacial score (nSPS) is 13.2. The number of anilines is 1. The molecule has 7 heteroatoms. The number of hydrogen-bond acceptors (Lipinski definition) is 4. The number of nitrogens with one attached hydrogen (secondary N) is 3. The standard InChI is InChI=1S/C19H23N3O4/c23-18(20-10-17-5-2-8-26-17)11-21-19(24)22-16-4-1-3-15(9-16)13-25-12-14-6-7-14/h1-5,8-9,14H,6-7,10-13H2,(H,20,23)(H2,21,22,24). The average molecular weight is 357 g/mol. The molecule has 1 heterocycles. The summed E-state index contributed by atoms with van der Waals surface area (Å²) in [7, 11) is 0. The van der Waals surface area contributed by atoms with Crippen molar-refractivity contribution in [3.8, 4) is 0 Å². The molecular formula is C19H23N3O4. The highest BCUT2D eigenvalue weighted by molar-refractivity contribution is 5.92. The molecule has 1 aromatic carbocycles. The van der Waals surface area contributed by atoms with E-state index in [9.17, 15) is 9.59 Å². The first kappa shape index (κ1) is 18.0. The maximum Gasteiger partial charge on any atom is 0.319 e. The first-order valence-electron chi connectivity index (χ1n) is 8.69. The number of amides is 3. The minimum absolute atomic E-state index is 0.114. The Kier molecular flexibility index (Phi) is 6.27. The summed E-state index contributed by atoms with van der Waals surface area (Å²) >= 11 is 0. The smallest absolute Gasteiger partial charge is 0.319 e. The van der Waals surface area contributed by atoms with E-state index in [-0.39, 0.29) is 19.0 Å². The second-order valence-corrected chi connectivity index (χ2v) is 6.32. The Balaban J connectivity index is 1.36. The maximum absolute atomic E-state index is 11.9. The quantitative estimate of drug-likeness (QED) is 0.643. The summed E-state index contributed by atoms with van der Waals surface area (Å²) in [5.41, 5.74) is 1.66. The predicted molar refractivity (Wildman–Crippen MR) is 96.4 cm³/mol. The van der Waals surface area contributed by atoms with Crippen LogP contribution >= 0.6 is 0 Å². The lowest BCUT2D eigenvalue weighted by atomic mass is 10.2. The van der Waals surface area contributed by atoms with Gasteiger partial charge in [0.25, 0.3) is 0 Å². The molecule has 0 saturated heterocycles. The summed E-state index contributed by atoms with van der Waals surface area (Å²) in [4.78, 5) is 23.6. The molecule has 1 aliphatic carbocycles. The fourth-order valence-corrected chi connectivity index (χ4v) is 2.36. The zero-order valence-corrected chi connectivity index (χ0v) is 14.5. The number of urea groups is 1. The molecular weight excluding hydrogens is 334 g/mol. The van der Waals surface area contributed by atoms with Crippen LogP contribution in [0.4, 0.5) is 10.5 Å². The lowest BCUT2D eigenvalue weighted by Gasteiger charge is -2.09. The summed E-state index contributed by atoms with van der Waals surface area (Å²) in [5.74, 6) is 1.09. The third-order valence-corrected chi connectivity index (χ3v) is 3.95. The zero-order valence-electron chi connectivity index (χ0n) is 14.5. The van der Waals surface area contributed by atoms with Crippen LogP contribution in [0, 0.1) is 5.92 Å². The number of hydrogen-bond donors (Lipinski definition) is 3. The van der Waals surface area contributed by atoms with Crippen molar-refractivity contribution in [2.24, 2.45) is 5.92 Å². The van der Waals surface area contributed by atoms with Crippen LogP contribution in [0.2, 0.25) is 0 Å². The molecule has 1 saturated carbocycles. The van der Waals surface area contributed by atoms with Crippen LogP contribution in [0.5, 0.6) is 0 Å². The SMILES string of the molecule is O=C(CNC(=O)Nc1cccc(COCC2CC2)c1)NCc1ccco1. The van der Waals surface area contributed by atoms with Crippen LogP contribution in [-0.2, 0) is 22.7 Å². The maximum atomic E-state index is 11.9. The van der Waals surface area contributed by atoms with Gasteiger partial charge in [-0.05, 0) is 48.6 Å². The molecule has 3 N–H and O–H groups in total. The van der Waals surface area contributed by atoms with Gasteiger partial charge in [-0.3, -0.25) is 4.79 Å². The van der Waals surface area contributed by atoms with E-state index in [4.69, 9.17) is 9.15 Å². The third kappa shape index (κ3) is 6.25. The molecule has 3 rings (SSSR count). The van der Waals surface area contributed by atoms with Crippen molar-refractivity contribution >= 4 is 17.6 Å². The van der Waals surface area contributed by atoms with Gasteiger partial charge in [-0.1, -0.05) is 12.1 Å². The van der Waals surface area contributed by atoms with Crippen LogP contribution in [-0.4, -0.2) is 25.1 Å². The summed E-state index contributed by atoms with van der Waals surface area (Å²) in [6.07, 6.45) is 4.06. The van der Waals surface area contributed by atoms with Gasteiger partial charge >= 0.3 is 6.03 Å².